The van der Waals surface area contributed by atoms with Gasteiger partial charge in [0.1, 0.15) is 0 Å². The SMILES string of the molecule is CPC1CC=C[C@@H]1C[C@H]1C=CCC1. The first-order chi connectivity index (χ1) is 6.40. The second-order valence-electron chi connectivity index (χ2n) is 4.22. The molecule has 0 aromatic heterocycles. The van der Waals surface area contributed by atoms with Gasteiger partial charge in [0.05, 0.1) is 0 Å². The van der Waals surface area contributed by atoms with Crippen molar-refractivity contribution in [3.8, 4) is 0 Å². The molecule has 0 radical (unpaired) electrons. The van der Waals surface area contributed by atoms with E-state index in [1.807, 2.05) is 0 Å². The molecule has 2 rings (SSSR count). The van der Waals surface area contributed by atoms with Gasteiger partial charge < -0.3 is 0 Å². The van der Waals surface area contributed by atoms with Crippen molar-refractivity contribution in [2.24, 2.45) is 11.8 Å². The highest BCUT2D eigenvalue weighted by Gasteiger charge is 2.24. The second kappa shape index (κ2) is 4.42. The molecule has 0 aromatic rings. The summed E-state index contributed by atoms with van der Waals surface area (Å²) in [4.78, 5) is 0. The standard InChI is InChI=1S/C12H19P/c1-13-12-8-4-7-11(12)9-10-5-2-3-6-10/h2,4-5,7,10-13H,3,6,8-9H2,1H3/t10-,11+,12?/m0/s1. The maximum absolute atomic E-state index is 2.47. The van der Waals surface area contributed by atoms with Gasteiger partial charge in [-0.25, -0.2) is 0 Å². The van der Waals surface area contributed by atoms with Crippen molar-refractivity contribution in [3.05, 3.63) is 24.3 Å². The third-order valence-corrected chi connectivity index (χ3v) is 4.75. The molecular formula is C12H19P. The van der Waals surface area contributed by atoms with Crippen LogP contribution >= 0.6 is 8.58 Å². The van der Waals surface area contributed by atoms with Crippen LogP contribution in [0.3, 0.4) is 0 Å². The maximum Gasteiger partial charge on any atom is -0.0141 e. The Hall–Kier alpha value is -0.0900. The van der Waals surface area contributed by atoms with E-state index >= 15 is 0 Å². The number of hydrogen-bond donors (Lipinski definition) is 0. The summed E-state index contributed by atoms with van der Waals surface area (Å²) in [6.07, 6.45) is 15.1. The van der Waals surface area contributed by atoms with Gasteiger partial charge in [-0.2, -0.15) is 0 Å². The van der Waals surface area contributed by atoms with Crippen molar-refractivity contribution in [2.45, 2.75) is 31.3 Å². The summed E-state index contributed by atoms with van der Waals surface area (Å²) in [7, 11) is 1.13. The Morgan fingerprint density at radius 1 is 1.31 bits per heavy atom. The zero-order valence-electron chi connectivity index (χ0n) is 8.37. The van der Waals surface area contributed by atoms with Crippen LogP contribution in [0.2, 0.25) is 0 Å². The van der Waals surface area contributed by atoms with E-state index in [-0.39, 0.29) is 0 Å². The lowest BCUT2D eigenvalue weighted by Gasteiger charge is -2.20. The van der Waals surface area contributed by atoms with Crippen molar-refractivity contribution in [2.75, 3.05) is 6.66 Å². The van der Waals surface area contributed by atoms with E-state index < -0.39 is 0 Å². The van der Waals surface area contributed by atoms with Crippen LogP contribution in [0.15, 0.2) is 24.3 Å². The van der Waals surface area contributed by atoms with E-state index in [0.29, 0.717) is 0 Å². The topological polar surface area (TPSA) is 0 Å². The predicted molar refractivity (Wildman–Crippen MR) is 61.8 cm³/mol. The van der Waals surface area contributed by atoms with Gasteiger partial charge in [0.15, 0.2) is 0 Å². The third kappa shape index (κ3) is 2.23. The first-order valence-electron chi connectivity index (χ1n) is 5.40. The highest BCUT2D eigenvalue weighted by atomic mass is 31.1. The quantitative estimate of drug-likeness (QED) is 0.475. The smallest absolute Gasteiger partial charge is 0.0141 e. The molecule has 2 unspecified atom stereocenters. The molecule has 0 fully saturated rings. The van der Waals surface area contributed by atoms with Gasteiger partial charge >= 0.3 is 0 Å². The average molecular weight is 194 g/mol. The summed E-state index contributed by atoms with van der Waals surface area (Å²) in [5, 5.41) is 0. The molecule has 0 amide bonds. The molecule has 1 heteroatoms. The predicted octanol–water partition coefficient (Wildman–Crippen LogP) is 3.60. The summed E-state index contributed by atoms with van der Waals surface area (Å²) < 4.78 is 0. The Kier molecular flexibility index (Phi) is 3.22. The average Bonchev–Trinajstić information content (AvgIpc) is 2.76. The summed E-state index contributed by atoms with van der Waals surface area (Å²) in [6.45, 7) is 2.36. The number of hydrogen-bond acceptors (Lipinski definition) is 0. The van der Waals surface area contributed by atoms with E-state index in [2.05, 4.69) is 31.0 Å². The fourth-order valence-corrected chi connectivity index (χ4v) is 3.57. The Bertz CT molecular complexity index is 217. The molecule has 0 spiro atoms. The molecule has 0 heterocycles. The van der Waals surface area contributed by atoms with E-state index in [9.17, 15) is 0 Å². The van der Waals surface area contributed by atoms with Crippen LogP contribution in [0.5, 0.6) is 0 Å². The van der Waals surface area contributed by atoms with Crippen LogP contribution in [0, 0.1) is 11.8 Å². The molecule has 2 aliphatic rings. The van der Waals surface area contributed by atoms with Crippen molar-refractivity contribution in [3.63, 3.8) is 0 Å². The first-order valence-corrected chi connectivity index (χ1v) is 6.98. The van der Waals surface area contributed by atoms with Gasteiger partial charge in [-0.3, -0.25) is 0 Å². The minimum atomic E-state index is 0.895. The minimum absolute atomic E-state index is 0.895. The lowest BCUT2D eigenvalue weighted by Crippen LogP contribution is -2.12. The highest BCUT2D eigenvalue weighted by molar-refractivity contribution is 7.38. The van der Waals surface area contributed by atoms with Gasteiger partial charge in [-0.1, -0.05) is 24.3 Å². The summed E-state index contributed by atoms with van der Waals surface area (Å²) >= 11 is 0. The largest absolute Gasteiger partial charge is 0.121 e. The fourth-order valence-electron chi connectivity index (χ4n) is 2.52. The molecule has 0 saturated heterocycles. The summed E-state index contributed by atoms with van der Waals surface area (Å²) in [6, 6.07) is 0. The molecule has 4 atom stereocenters. The van der Waals surface area contributed by atoms with Crippen LogP contribution in [-0.2, 0) is 0 Å². The lowest BCUT2D eigenvalue weighted by molar-refractivity contribution is 0.476. The van der Waals surface area contributed by atoms with Crippen LogP contribution in [0.25, 0.3) is 0 Å². The molecule has 0 bridgehead atoms. The monoisotopic (exact) mass is 194 g/mol. The normalized spacial score (nSPS) is 38.4. The third-order valence-electron chi connectivity index (χ3n) is 3.35. The van der Waals surface area contributed by atoms with E-state index in [0.717, 1.165) is 26.1 Å². The minimum Gasteiger partial charge on any atom is -0.121 e. The lowest BCUT2D eigenvalue weighted by atomic mass is 9.93. The summed E-state index contributed by atoms with van der Waals surface area (Å²) in [5.74, 6) is 1.79. The highest BCUT2D eigenvalue weighted by Crippen LogP contribution is 2.37. The summed E-state index contributed by atoms with van der Waals surface area (Å²) in [5.41, 5.74) is 0.981. The van der Waals surface area contributed by atoms with Gasteiger partial charge in [-0.15, -0.1) is 8.58 Å². The van der Waals surface area contributed by atoms with Gasteiger partial charge in [0.25, 0.3) is 0 Å². The molecule has 0 aromatic carbocycles. The van der Waals surface area contributed by atoms with Crippen LogP contribution in [0.4, 0.5) is 0 Å². The molecule has 0 aliphatic heterocycles. The van der Waals surface area contributed by atoms with Crippen LogP contribution in [0.1, 0.15) is 25.7 Å². The van der Waals surface area contributed by atoms with E-state index in [1.54, 1.807) is 0 Å². The Balaban J connectivity index is 1.86. The van der Waals surface area contributed by atoms with Crippen molar-refractivity contribution >= 4 is 8.58 Å². The van der Waals surface area contributed by atoms with Crippen molar-refractivity contribution in [1.82, 2.24) is 0 Å². The first kappa shape index (κ1) is 9.46. The molecule has 2 aliphatic carbocycles. The van der Waals surface area contributed by atoms with Crippen LogP contribution in [-0.4, -0.2) is 12.3 Å². The van der Waals surface area contributed by atoms with Gasteiger partial charge in [-0.05, 0) is 49.8 Å². The molecular weight excluding hydrogens is 175 g/mol. The van der Waals surface area contributed by atoms with E-state index in [4.69, 9.17) is 0 Å². The molecule has 13 heavy (non-hydrogen) atoms. The molecule has 0 nitrogen and oxygen atoms in total. The molecule has 72 valence electrons. The maximum atomic E-state index is 2.47. The number of allylic oxidation sites excluding steroid dienone is 4. The zero-order valence-corrected chi connectivity index (χ0v) is 9.37. The van der Waals surface area contributed by atoms with Crippen LogP contribution < -0.4 is 0 Å². The number of rotatable bonds is 3. The Labute approximate surface area is 83.3 Å². The van der Waals surface area contributed by atoms with Crippen molar-refractivity contribution < 1.29 is 0 Å². The molecule has 0 saturated carbocycles. The van der Waals surface area contributed by atoms with Gasteiger partial charge in [0.2, 0.25) is 0 Å². The van der Waals surface area contributed by atoms with Gasteiger partial charge in [0, 0.05) is 0 Å². The molecule has 0 N–H and O–H groups in total. The Morgan fingerprint density at radius 3 is 2.92 bits per heavy atom. The van der Waals surface area contributed by atoms with Crippen molar-refractivity contribution in [1.29, 1.82) is 0 Å². The zero-order chi connectivity index (χ0) is 9.10. The Morgan fingerprint density at radius 2 is 2.23 bits per heavy atom. The van der Waals surface area contributed by atoms with E-state index in [1.165, 1.54) is 25.7 Å². The fraction of sp³-hybridized carbons (Fsp3) is 0.667. The second-order valence-corrected chi connectivity index (χ2v) is 5.54.